The highest BCUT2D eigenvalue weighted by Crippen LogP contribution is 2.28. The zero-order chi connectivity index (χ0) is 17.6. The fourth-order valence-corrected chi connectivity index (χ4v) is 4.06. The van der Waals surface area contributed by atoms with Gasteiger partial charge in [-0.25, -0.2) is 9.37 Å². The highest BCUT2D eigenvalue weighted by Gasteiger charge is 2.32. The van der Waals surface area contributed by atoms with Crippen molar-refractivity contribution in [2.24, 2.45) is 5.92 Å². The SMILES string of the molecule is CC(C)C1CCCN1C(=O)c1cc(F)c2nc(C3CCOC3)cn2c1. The molecule has 2 aromatic heterocycles. The molecule has 2 aromatic rings. The first-order valence-electron chi connectivity index (χ1n) is 9.11. The molecule has 2 atom stereocenters. The van der Waals surface area contributed by atoms with E-state index in [2.05, 4.69) is 18.8 Å². The molecule has 0 radical (unpaired) electrons. The minimum absolute atomic E-state index is 0.0866. The van der Waals surface area contributed by atoms with Crippen LogP contribution in [0.4, 0.5) is 4.39 Å². The third-order valence-corrected chi connectivity index (χ3v) is 5.45. The van der Waals surface area contributed by atoms with Gasteiger partial charge in [-0.15, -0.1) is 0 Å². The Balaban J connectivity index is 1.67. The number of halogens is 1. The first kappa shape index (κ1) is 16.5. The van der Waals surface area contributed by atoms with Crippen molar-refractivity contribution in [3.63, 3.8) is 0 Å². The lowest BCUT2D eigenvalue weighted by molar-refractivity contribution is 0.0700. The van der Waals surface area contributed by atoms with Crippen LogP contribution in [0.5, 0.6) is 0 Å². The van der Waals surface area contributed by atoms with Crippen molar-refractivity contribution < 1.29 is 13.9 Å². The number of ether oxygens (including phenoxy) is 1. The molecule has 0 spiro atoms. The molecule has 6 heteroatoms. The standard InChI is InChI=1S/C19H24FN3O2/c1-12(2)17-4-3-6-23(17)19(24)14-8-15(20)18-21-16(10-22(18)9-14)13-5-7-25-11-13/h8-10,12-13,17H,3-7,11H2,1-2H3. The predicted octanol–water partition coefficient (Wildman–Crippen LogP) is 3.24. The summed E-state index contributed by atoms with van der Waals surface area (Å²) in [4.78, 5) is 19.2. The lowest BCUT2D eigenvalue weighted by Crippen LogP contribution is -2.38. The second-order valence-electron chi connectivity index (χ2n) is 7.49. The normalized spacial score (nSPS) is 23.9. The second kappa shape index (κ2) is 6.41. The minimum atomic E-state index is -0.448. The van der Waals surface area contributed by atoms with Gasteiger partial charge in [0.1, 0.15) is 0 Å². The Labute approximate surface area is 146 Å². The van der Waals surface area contributed by atoms with E-state index in [1.807, 2.05) is 11.1 Å². The molecular weight excluding hydrogens is 321 g/mol. The van der Waals surface area contributed by atoms with E-state index in [1.165, 1.54) is 6.07 Å². The van der Waals surface area contributed by atoms with E-state index < -0.39 is 5.82 Å². The van der Waals surface area contributed by atoms with Crippen molar-refractivity contribution in [3.05, 3.63) is 35.5 Å². The number of hydrogen-bond acceptors (Lipinski definition) is 3. The Morgan fingerprint density at radius 1 is 1.36 bits per heavy atom. The molecule has 5 nitrogen and oxygen atoms in total. The number of fused-ring (bicyclic) bond motifs is 1. The molecule has 2 unspecified atom stereocenters. The smallest absolute Gasteiger partial charge is 0.255 e. The third-order valence-electron chi connectivity index (χ3n) is 5.45. The number of carbonyl (C=O) groups is 1. The van der Waals surface area contributed by atoms with Gasteiger partial charge in [0, 0.05) is 37.5 Å². The van der Waals surface area contributed by atoms with Crippen molar-refractivity contribution in [3.8, 4) is 0 Å². The Morgan fingerprint density at radius 2 is 2.20 bits per heavy atom. The van der Waals surface area contributed by atoms with E-state index in [0.717, 1.165) is 38.1 Å². The van der Waals surface area contributed by atoms with Crippen LogP contribution in [0.2, 0.25) is 0 Å². The minimum Gasteiger partial charge on any atom is -0.381 e. The highest BCUT2D eigenvalue weighted by molar-refractivity contribution is 5.94. The quantitative estimate of drug-likeness (QED) is 0.858. The molecule has 0 bridgehead atoms. The lowest BCUT2D eigenvalue weighted by Gasteiger charge is -2.27. The van der Waals surface area contributed by atoms with Gasteiger partial charge in [0.25, 0.3) is 5.91 Å². The summed E-state index contributed by atoms with van der Waals surface area (Å²) in [5, 5.41) is 0. The number of hydrogen-bond donors (Lipinski definition) is 0. The van der Waals surface area contributed by atoms with E-state index in [4.69, 9.17) is 4.74 Å². The van der Waals surface area contributed by atoms with E-state index in [1.54, 1.807) is 10.6 Å². The number of amides is 1. The van der Waals surface area contributed by atoms with Crippen molar-refractivity contribution in [1.82, 2.24) is 14.3 Å². The number of aromatic nitrogens is 2. The summed E-state index contributed by atoms with van der Waals surface area (Å²) in [6, 6.07) is 1.57. The summed E-state index contributed by atoms with van der Waals surface area (Å²) in [6.07, 6.45) is 6.48. The molecule has 0 aromatic carbocycles. The van der Waals surface area contributed by atoms with Crippen LogP contribution in [0.25, 0.3) is 5.65 Å². The van der Waals surface area contributed by atoms with Crippen LogP contribution in [-0.2, 0) is 4.74 Å². The maximum Gasteiger partial charge on any atom is 0.255 e. The van der Waals surface area contributed by atoms with Crippen molar-refractivity contribution >= 4 is 11.6 Å². The molecule has 2 fully saturated rings. The first-order valence-corrected chi connectivity index (χ1v) is 9.11. The van der Waals surface area contributed by atoms with Gasteiger partial charge < -0.3 is 14.0 Å². The Kier molecular flexibility index (Phi) is 4.23. The molecule has 134 valence electrons. The summed E-state index contributed by atoms with van der Waals surface area (Å²) in [5.74, 6) is 0.0809. The molecular formula is C19H24FN3O2. The van der Waals surface area contributed by atoms with Gasteiger partial charge in [0.05, 0.1) is 17.9 Å². The van der Waals surface area contributed by atoms with Crippen LogP contribution in [0.3, 0.4) is 0 Å². The summed E-state index contributed by atoms with van der Waals surface area (Å²) in [7, 11) is 0. The summed E-state index contributed by atoms with van der Waals surface area (Å²) >= 11 is 0. The average Bonchev–Trinajstić information content (AvgIpc) is 3.31. The van der Waals surface area contributed by atoms with Gasteiger partial charge in [0.2, 0.25) is 0 Å². The fourth-order valence-electron chi connectivity index (χ4n) is 4.06. The molecule has 2 aliphatic heterocycles. The second-order valence-corrected chi connectivity index (χ2v) is 7.49. The molecule has 4 heterocycles. The summed E-state index contributed by atoms with van der Waals surface area (Å²) in [6.45, 7) is 6.35. The van der Waals surface area contributed by atoms with Gasteiger partial charge in [0.15, 0.2) is 11.5 Å². The highest BCUT2D eigenvalue weighted by atomic mass is 19.1. The largest absolute Gasteiger partial charge is 0.381 e. The van der Waals surface area contributed by atoms with Crippen molar-refractivity contribution in [2.75, 3.05) is 19.8 Å². The zero-order valence-corrected chi connectivity index (χ0v) is 14.7. The van der Waals surface area contributed by atoms with E-state index in [9.17, 15) is 9.18 Å². The first-order chi connectivity index (χ1) is 12.0. The van der Waals surface area contributed by atoms with Gasteiger partial charge in [-0.05, 0) is 31.2 Å². The maximum atomic E-state index is 14.6. The van der Waals surface area contributed by atoms with E-state index >= 15 is 0 Å². The van der Waals surface area contributed by atoms with Crippen LogP contribution < -0.4 is 0 Å². The molecule has 0 saturated carbocycles. The number of carbonyl (C=O) groups excluding carboxylic acids is 1. The molecule has 25 heavy (non-hydrogen) atoms. The Morgan fingerprint density at radius 3 is 2.92 bits per heavy atom. The van der Waals surface area contributed by atoms with Gasteiger partial charge in [-0.3, -0.25) is 4.79 Å². The van der Waals surface area contributed by atoms with Gasteiger partial charge in [-0.1, -0.05) is 13.8 Å². The van der Waals surface area contributed by atoms with E-state index in [0.29, 0.717) is 18.1 Å². The van der Waals surface area contributed by atoms with Gasteiger partial charge in [-0.2, -0.15) is 0 Å². The number of rotatable bonds is 3. The van der Waals surface area contributed by atoms with Crippen molar-refractivity contribution in [1.29, 1.82) is 0 Å². The average molecular weight is 345 g/mol. The van der Waals surface area contributed by atoms with Crippen LogP contribution in [0, 0.1) is 11.7 Å². The monoisotopic (exact) mass is 345 g/mol. The van der Waals surface area contributed by atoms with Crippen LogP contribution >= 0.6 is 0 Å². The third kappa shape index (κ3) is 2.92. The molecule has 2 saturated heterocycles. The molecule has 0 aliphatic carbocycles. The summed E-state index contributed by atoms with van der Waals surface area (Å²) < 4.78 is 21.6. The maximum absolute atomic E-state index is 14.6. The van der Waals surface area contributed by atoms with E-state index in [-0.39, 0.29) is 23.5 Å². The van der Waals surface area contributed by atoms with Crippen LogP contribution in [0.1, 0.15) is 55.1 Å². The molecule has 2 aliphatic rings. The van der Waals surface area contributed by atoms with Crippen LogP contribution in [0.15, 0.2) is 18.5 Å². The fraction of sp³-hybridized carbons (Fsp3) is 0.579. The summed E-state index contributed by atoms with van der Waals surface area (Å²) in [5.41, 5.74) is 1.51. The zero-order valence-electron chi connectivity index (χ0n) is 14.7. The van der Waals surface area contributed by atoms with Crippen LogP contribution in [-0.4, -0.2) is 46.0 Å². The molecule has 1 amide bonds. The van der Waals surface area contributed by atoms with Gasteiger partial charge >= 0.3 is 0 Å². The predicted molar refractivity (Wildman–Crippen MR) is 92.2 cm³/mol. The Bertz CT molecular complexity index is 795. The number of nitrogens with zero attached hydrogens (tertiary/aromatic N) is 3. The lowest BCUT2D eigenvalue weighted by atomic mass is 10.0. The topological polar surface area (TPSA) is 46.8 Å². The number of pyridine rings is 1. The Hall–Kier alpha value is -1.95. The number of imidazole rings is 1. The molecule has 0 N–H and O–H groups in total. The molecule has 4 rings (SSSR count). The van der Waals surface area contributed by atoms with Crippen molar-refractivity contribution in [2.45, 2.75) is 45.1 Å². The number of likely N-dealkylation sites (tertiary alicyclic amines) is 1.